The summed E-state index contributed by atoms with van der Waals surface area (Å²) in [7, 11) is -2.79. The van der Waals surface area contributed by atoms with Gasteiger partial charge >= 0.3 is 0 Å². The van der Waals surface area contributed by atoms with Crippen molar-refractivity contribution in [1.82, 2.24) is 0 Å². The first-order valence-electron chi connectivity index (χ1n) is 8.08. The second kappa shape index (κ2) is 5.68. The van der Waals surface area contributed by atoms with Crippen LogP contribution in [-0.4, -0.2) is 17.4 Å². The van der Waals surface area contributed by atoms with Crippen LogP contribution in [0.1, 0.15) is 37.8 Å². The van der Waals surface area contributed by atoms with Gasteiger partial charge in [-0.1, -0.05) is 62.4 Å². The Balaban J connectivity index is 2.31. The molecular weight excluding hydrogens is 291 g/mol. The van der Waals surface area contributed by atoms with Crippen molar-refractivity contribution in [3.63, 3.8) is 0 Å². The summed E-state index contributed by atoms with van der Waals surface area (Å²) < 4.78 is 13.8. The molecule has 0 aliphatic heterocycles. The van der Waals surface area contributed by atoms with Crippen LogP contribution in [0.15, 0.2) is 48.5 Å². The van der Waals surface area contributed by atoms with E-state index in [0.29, 0.717) is 12.3 Å². The maximum Gasteiger partial charge on any atom is 0.169 e. The molecule has 0 bridgehead atoms. The molecule has 3 rings (SSSR count). The lowest BCUT2D eigenvalue weighted by atomic mass is 10.1. The SMILES string of the molecule is CCCP(=O)(CCC)C1(O)c2ccccc2-c2ccccc21. The number of aliphatic hydroxyl groups is 1. The van der Waals surface area contributed by atoms with Gasteiger partial charge in [0, 0.05) is 23.5 Å². The Morgan fingerprint density at radius 1 is 0.864 bits per heavy atom. The monoisotopic (exact) mass is 314 g/mol. The maximum absolute atomic E-state index is 13.8. The van der Waals surface area contributed by atoms with Gasteiger partial charge in [0.05, 0.1) is 0 Å². The van der Waals surface area contributed by atoms with Crippen LogP contribution in [0, 0.1) is 0 Å². The second-order valence-corrected chi connectivity index (χ2v) is 9.42. The molecule has 0 radical (unpaired) electrons. The van der Waals surface area contributed by atoms with E-state index in [9.17, 15) is 9.67 Å². The van der Waals surface area contributed by atoms with Crippen molar-refractivity contribution in [3.8, 4) is 11.1 Å². The van der Waals surface area contributed by atoms with E-state index in [4.69, 9.17) is 0 Å². The standard InChI is InChI=1S/C19H23O2P/c1-3-13-22(21,14-4-2)19(20)17-11-7-5-9-15(17)16-10-6-8-12-18(16)19/h5-12,20H,3-4,13-14H2,1-2H3. The molecule has 22 heavy (non-hydrogen) atoms. The zero-order valence-electron chi connectivity index (χ0n) is 13.2. The molecule has 1 aliphatic carbocycles. The zero-order valence-corrected chi connectivity index (χ0v) is 14.1. The van der Waals surface area contributed by atoms with Crippen LogP contribution in [0.2, 0.25) is 0 Å². The fraction of sp³-hybridized carbons (Fsp3) is 0.368. The summed E-state index contributed by atoms with van der Waals surface area (Å²) in [5.74, 6) is 0. The van der Waals surface area contributed by atoms with Crippen LogP contribution in [0.25, 0.3) is 11.1 Å². The van der Waals surface area contributed by atoms with Gasteiger partial charge < -0.3 is 9.67 Å². The van der Waals surface area contributed by atoms with E-state index in [1.54, 1.807) is 0 Å². The molecule has 1 N–H and O–H groups in total. The molecule has 0 saturated carbocycles. The first-order valence-corrected chi connectivity index (χ1v) is 10.2. The Hall–Kier alpha value is -1.37. The molecule has 2 aromatic rings. The summed E-state index contributed by atoms with van der Waals surface area (Å²) >= 11 is 0. The molecule has 3 heteroatoms. The van der Waals surface area contributed by atoms with Gasteiger partial charge in [-0.15, -0.1) is 0 Å². The lowest BCUT2D eigenvalue weighted by molar-refractivity contribution is 0.169. The number of benzene rings is 2. The molecule has 0 amide bonds. The third-order valence-corrected chi connectivity index (χ3v) is 8.66. The average Bonchev–Trinajstić information content (AvgIpc) is 2.80. The third kappa shape index (κ3) is 2.01. The number of fused-ring (bicyclic) bond motifs is 3. The van der Waals surface area contributed by atoms with Crippen LogP contribution in [0.5, 0.6) is 0 Å². The number of hydrogen-bond donors (Lipinski definition) is 1. The van der Waals surface area contributed by atoms with Gasteiger partial charge in [0.1, 0.15) is 7.14 Å². The van der Waals surface area contributed by atoms with Gasteiger partial charge in [0.25, 0.3) is 0 Å². The normalized spacial score (nSPS) is 15.4. The van der Waals surface area contributed by atoms with Crippen molar-refractivity contribution in [2.24, 2.45) is 0 Å². The van der Waals surface area contributed by atoms with Crippen molar-refractivity contribution in [2.45, 2.75) is 32.0 Å². The molecule has 0 atom stereocenters. The summed E-state index contributed by atoms with van der Waals surface area (Å²) in [5, 5.41) is 10.4. The molecule has 2 nitrogen and oxygen atoms in total. The van der Waals surface area contributed by atoms with Crippen molar-refractivity contribution < 1.29 is 9.67 Å². The quantitative estimate of drug-likeness (QED) is 0.785. The second-order valence-electron chi connectivity index (χ2n) is 6.10. The van der Waals surface area contributed by atoms with Crippen LogP contribution < -0.4 is 0 Å². The lowest BCUT2D eigenvalue weighted by Crippen LogP contribution is -2.27. The van der Waals surface area contributed by atoms with E-state index >= 15 is 0 Å². The van der Waals surface area contributed by atoms with Crippen LogP contribution in [0.3, 0.4) is 0 Å². The minimum atomic E-state index is -2.79. The molecule has 0 unspecified atom stereocenters. The fourth-order valence-electron chi connectivity index (χ4n) is 3.79. The number of rotatable bonds is 5. The minimum absolute atomic E-state index is 0.583. The molecule has 0 spiro atoms. The molecule has 0 saturated heterocycles. The first kappa shape index (κ1) is 15.5. The van der Waals surface area contributed by atoms with E-state index in [1.165, 1.54) is 0 Å². The van der Waals surface area contributed by atoms with Gasteiger partial charge in [-0.05, 0) is 24.0 Å². The molecule has 0 fully saturated rings. The van der Waals surface area contributed by atoms with Crippen molar-refractivity contribution in [3.05, 3.63) is 59.7 Å². The number of hydrogen-bond acceptors (Lipinski definition) is 2. The highest BCUT2D eigenvalue weighted by Crippen LogP contribution is 2.69. The van der Waals surface area contributed by atoms with Crippen molar-refractivity contribution in [2.75, 3.05) is 12.3 Å². The molecular formula is C19H23O2P. The van der Waals surface area contributed by atoms with Gasteiger partial charge in [0.15, 0.2) is 5.34 Å². The van der Waals surface area contributed by atoms with Crippen LogP contribution in [-0.2, 0) is 9.91 Å². The highest BCUT2D eigenvalue weighted by atomic mass is 31.2. The fourth-order valence-corrected chi connectivity index (χ4v) is 7.37. The molecule has 0 aromatic heterocycles. The van der Waals surface area contributed by atoms with E-state index in [-0.39, 0.29) is 0 Å². The van der Waals surface area contributed by atoms with Gasteiger partial charge in [-0.25, -0.2) is 0 Å². The third-order valence-electron chi connectivity index (χ3n) is 4.65. The average molecular weight is 314 g/mol. The molecule has 2 aromatic carbocycles. The minimum Gasteiger partial charge on any atom is -0.373 e. The van der Waals surface area contributed by atoms with E-state index in [1.807, 2.05) is 62.4 Å². The predicted molar refractivity (Wildman–Crippen MR) is 92.8 cm³/mol. The first-order chi connectivity index (χ1) is 10.6. The van der Waals surface area contributed by atoms with Crippen molar-refractivity contribution >= 4 is 7.14 Å². The Morgan fingerprint density at radius 2 is 1.27 bits per heavy atom. The van der Waals surface area contributed by atoms with Crippen LogP contribution in [0.4, 0.5) is 0 Å². The summed E-state index contributed by atoms with van der Waals surface area (Å²) in [6.07, 6.45) is 2.81. The topological polar surface area (TPSA) is 37.3 Å². The zero-order chi connectivity index (χ0) is 15.8. The lowest BCUT2D eigenvalue weighted by Gasteiger charge is -2.35. The summed E-state index contributed by atoms with van der Waals surface area (Å²) in [4.78, 5) is 0. The summed E-state index contributed by atoms with van der Waals surface area (Å²) in [6, 6.07) is 15.7. The van der Waals surface area contributed by atoms with Gasteiger partial charge in [0.2, 0.25) is 0 Å². The Morgan fingerprint density at radius 3 is 1.68 bits per heavy atom. The smallest absolute Gasteiger partial charge is 0.169 e. The molecule has 0 heterocycles. The van der Waals surface area contributed by atoms with Crippen LogP contribution >= 0.6 is 7.14 Å². The summed E-state index contributed by atoms with van der Waals surface area (Å²) in [5.41, 5.74) is 3.68. The van der Waals surface area contributed by atoms with E-state index in [0.717, 1.165) is 35.1 Å². The Kier molecular flexibility index (Phi) is 4.01. The largest absolute Gasteiger partial charge is 0.373 e. The molecule has 116 valence electrons. The highest BCUT2D eigenvalue weighted by molar-refractivity contribution is 7.65. The highest BCUT2D eigenvalue weighted by Gasteiger charge is 2.53. The van der Waals surface area contributed by atoms with E-state index in [2.05, 4.69) is 0 Å². The van der Waals surface area contributed by atoms with Crippen molar-refractivity contribution in [1.29, 1.82) is 0 Å². The van der Waals surface area contributed by atoms with E-state index < -0.39 is 12.5 Å². The maximum atomic E-state index is 13.8. The molecule has 1 aliphatic rings. The van der Waals surface area contributed by atoms with Gasteiger partial charge in [-0.3, -0.25) is 0 Å². The summed E-state index contributed by atoms with van der Waals surface area (Å²) in [6.45, 7) is 4.08. The Bertz CT molecular complexity index is 680. The predicted octanol–water partition coefficient (Wildman–Crippen LogP) is 5.04. The van der Waals surface area contributed by atoms with Gasteiger partial charge in [-0.2, -0.15) is 0 Å². The Labute approximate surface area is 132 Å².